The Kier molecular flexibility index (Phi) is 5.53. The highest BCUT2D eigenvalue weighted by molar-refractivity contribution is 7.90. The van der Waals surface area contributed by atoms with E-state index in [1.165, 1.54) is 17.5 Å². The van der Waals surface area contributed by atoms with Crippen LogP contribution in [0, 0.1) is 6.92 Å². The number of fused-ring (bicyclic) bond motifs is 3. The van der Waals surface area contributed by atoms with Gasteiger partial charge in [-0.25, -0.2) is 13.4 Å². The SMILES string of the molecule is Cc1nc(Cl)cc(OCCCn2c3c(c4cc(S(C)(=O)=O)ccc42)CCCC3)n1. The monoisotopic (exact) mass is 433 g/mol. The summed E-state index contributed by atoms with van der Waals surface area (Å²) in [4.78, 5) is 8.66. The van der Waals surface area contributed by atoms with Gasteiger partial charge in [0.2, 0.25) is 5.88 Å². The first kappa shape index (κ1) is 20.2. The van der Waals surface area contributed by atoms with Crippen LogP contribution < -0.4 is 4.74 Å². The zero-order valence-electron chi connectivity index (χ0n) is 16.6. The maximum atomic E-state index is 12.0. The second-order valence-electron chi connectivity index (χ2n) is 7.51. The summed E-state index contributed by atoms with van der Waals surface area (Å²) in [6.07, 6.45) is 6.41. The highest BCUT2D eigenvalue weighted by Gasteiger charge is 2.21. The smallest absolute Gasteiger partial charge is 0.218 e. The zero-order chi connectivity index (χ0) is 20.6. The number of ether oxygens (including phenoxy) is 1. The number of sulfone groups is 1. The molecule has 2 aromatic heterocycles. The van der Waals surface area contributed by atoms with Gasteiger partial charge in [-0.05, 0) is 62.8 Å². The number of rotatable bonds is 6. The Morgan fingerprint density at radius 3 is 2.72 bits per heavy atom. The lowest BCUT2D eigenvalue weighted by atomic mass is 9.95. The van der Waals surface area contributed by atoms with E-state index in [0.717, 1.165) is 49.6 Å². The van der Waals surface area contributed by atoms with Gasteiger partial charge >= 0.3 is 0 Å². The lowest BCUT2D eigenvalue weighted by Crippen LogP contribution is -2.11. The Labute approximate surface area is 175 Å². The minimum absolute atomic E-state index is 0.375. The largest absolute Gasteiger partial charge is 0.477 e. The molecule has 0 saturated carbocycles. The van der Waals surface area contributed by atoms with Crippen LogP contribution >= 0.6 is 11.6 Å². The molecule has 1 aliphatic rings. The van der Waals surface area contributed by atoms with Crippen LogP contribution in [0.25, 0.3) is 10.9 Å². The molecule has 0 fully saturated rings. The predicted molar refractivity (Wildman–Crippen MR) is 114 cm³/mol. The van der Waals surface area contributed by atoms with Crippen LogP contribution in [0.1, 0.15) is 36.3 Å². The van der Waals surface area contributed by atoms with Gasteiger partial charge in [-0.2, -0.15) is 4.98 Å². The van der Waals surface area contributed by atoms with Crippen LogP contribution in [0.2, 0.25) is 5.15 Å². The first-order chi connectivity index (χ1) is 13.8. The lowest BCUT2D eigenvalue weighted by Gasteiger charge is -2.16. The zero-order valence-corrected chi connectivity index (χ0v) is 18.2. The van der Waals surface area contributed by atoms with Gasteiger partial charge < -0.3 is 9.30 Å². The molecule has 1 aromatic carbocycles. The number of nitrogens with zero attached hydrogens (tertiary/aromatic N) is 3. The van der Waals surface area contributed by atoms with E-state index in [4.69, 9.17) is 16.3 Å². The summed E-state index contributed by atoms with van der Waals surface area (Å²) >= 11 is 5.96. The Hall–Kier alpha value is -2.12. The molecule has 0 bridgehead atoms. The van der Waals surface area contributed by atoms with Crippen molar-refractivity contribution in [2.75, 3.05) is 12.9 Å². The molecule has 1 aliphatic carbocycles. The van der Waals surface area contributed by atoms with E-state index in [9.17, 15) is 8.42 Å². The second kappa shape index (κ2) is 7.95. The van der Waals surface area contributed by atoms with Crippen molar-refractivity contribution in [1.29, 1.82) is 0 Å². The van der Waals surface area contributed by atoms with Gasteiger partial charge in [0.1, 0.15) is 11.0 Å². The fraction of sp³-hybridized carbons (Fsp3) is 0.429. The van der Waals surface area contributed by atoms with Gasteiger partial charge in [-0.3, -0.25) is 0 Å². The van der Waals surface area contributed by atoms with E-state index >= 15 is 0 Å². The van der Waals surface area contributed by atoms with Crippen molar-refractivity contribution < 1.29 is 13.2 Å². The van der Waals surface area contributed by atoms with Crippen LogP contribution in [0.15, 0.2) is 29.2 Å². The molecule has 2 heterocycles. The number of halogens is 1. The molecule has 0 N–H and O–H groups in total. The quantitative estimate of drug-likeness (QED) is 0.431. The van der Waals surface area contributed by atoms with E-state index in [1.54, 1.807) is 19.1 Å². The Balaban J connectivity index is 1.56. The standard InChI is InChI=1S/C21H24ClN3O3S/c1-14-23-20(22)13-21(24-14)28-11-5-10-25-18-7-4-3-6-16(18)17-12-15(29(2,26)27)8-9-19(17)25/h8-9,12-13H,3-7,10-11H2,1-2H3. The van der Waals surface area contributed by atoms with E-state index in [2.05, 4.69) is 14.5 Å². The third kappa shape index (κ3) is 4.26. The normalized spacial score (nSPS) is 14.2. The fourth-order valence-corrected chi connectivity index (χ4v) is 4.94. The summed E-state index contributed by atoms with van der Waals surface area (Å²) in [6.45, 7) is 3.10. The minimum atomic E-state index is -3.22. The summed E-state index contributed by atoms with van der Waals surface area (Å²) in [5, 5.41) is 1.45. The Morgan fingerprint density at radius 2 is 1.97 bits per heavy atom. The predicted octanol–water partition coefficient (Wildman–Crippen LogP) is 4.14. The highest BCUT2D eigenvalue weighted by Crippen LogP contribution is 2.33. The number of hydrogen-bond acceptors (Lipinski definition) is 5. The second-order valence-corrected chi connectivity index (χ2v) is 9.92. The molecule has 4 rings (SSSR count). The fourth-order valence-electron chi connectivity index (χ4n) is 4.08. The van der Waals surface area contributed by atoms with Crippen LogP contribution in [-0.4, -0.2) is 35.8 Å². The van der Waals surface area contributed by atoms with Gasteiger partial charge in [0, 0.05) is 35.5 Å². The van der Waals surface area contributed by atoms with Gasteiger partial charge in [0.05, 0.1) is 11.5 Å². The summed E-state index contributed by atoms with van der Waals surface area (Å²) < 4.78 is 32.1. The molecule has 154 valence electrons. The van der Waals surface area contributed by atoms with Crippen molar-refractivity contribution in [3.63, 3.8) is 0 Å². The number of aryl methyl sites for hydroxylation is 3. The molecule has 29 heavy (non-hydrogen) atoms. The molecule has 0 amide bonds. The van der Waals surface area contributed by atoms with Crippen LogP contribution in [-0.2, 0) is 29.2 Å². The summed E-state index contributed by atoms with van der Waals surface area (Å²) in [7, 11) is -3.22. The van der Waals surface area contributed by atoms with E-state index < -0.39 is 9.84 Å². The molecule has 0 spiro atoms. The van der Waals surface area contributed by atoms with Crippen molar-refractivity contribution in [2.45, 2.75) is 50.5 Å². The van der Waals surface area contributed by atoms with Crippen molar-refractivity contribution in [3.8, 4) is 5.88 Å². The van der Waals surface area contributed by atoms with E-state index in [-0.39, 0.29) is 0 Å². The molecule has 0 atom stereocenters. The van der Waals surface area contributed by atoms with Crippen molar-refractivity contribution in [2.24, 2.45) is 0 Å². The minimum Gasteiger partial charge on any atom is -0.477 e. The molecule has 6 nitrogen and oxygen atoms in total. The van der Waals surface area contributed by atoms with Crippen LogP contribution in [0.4, 0.5) is 0 Å². The maximum absolute atomic E-state index is 12.0. The maximum Gasteiger partial charge on any atom is 0.218 e. The third-order valence-corrected chi connectivity index (χ3v) is 6.64. The van der Waals surface area contributed by atoms with Gasteiger partial charge in [-0.15, -0.1) is 0 Å². The topological polar surface area (TPSA) is 74.1 Å². The average Bonchev–Trinajstić information content (AvgIpc) is 2.97. The molecule has 0 aliphatic heterocycles. The molecule has 0 saturated heterocycles. The lowest BCUT2D eigenvalue weighted by molar-refractivity contribution is 0.289. The van der Waals surface area contributed by atoms with Gasteiger partial charge in [0.25, 0.3) is 0 Å². The highest BCUT2D eigenvalue weighted by atomic mass is 35.5. The number of hydrogen-bond donors (Lipinski definition) is 0. The number of aromatic nitrogens is 3. The van der Waals surface area contributed by atoms with Gasteiger partial charge in [0.15, 0.2) is 9.84 Å². The molecular weight excluding hydrogens is 410 g/mol. The van der Waals surface area contributed by atoms with Gasteiger partial charge in [-0.1, -0.05) is 11.6 Å². The van der Waals surface area contributed by atoms with E-state index in [0.29, 0.717) is 28.4 Å². The average molecular weight is 434 g/mol. The van der Waals surface area contributed by atoms with Crippen LogP contribution in [0.5, 0.6) is 5.88 Å². The summed E-state index contributed by atoms with van der Waals surface area (Å²) in [5.41, 5.74) is 3.74. The first-order valence-electron chi connectivity index (χ1n) is 9.81. The van der Waals surface area contributed by atoms with Crippen LogP contribution in [0.3, 0.4) is 0 Å². The molecule has 0 unspecified atom stereocenters. The molecule has 3 aromatic rings. The van der Waals surface area contributed by atoms with Crippen molar-refractivity contribution in [1.82, 2.24) is 14.5 Å². The molecule has 8 heteroatoms. The van der Waals surface area contributed by atoms with Crippen molar-refractivity contribution in [3.05, 3.63) is 46.5 Å². The first-order valence-corrected chi connectivity index (χ1v) is 12.1. The van der Waals surface area contributed by atoms with Crippen molar-refractivity contribution >= 4 is 32.3 Å². The third-order valence-electron chi connectivity index (χ3n) is 5.34. The van der Waals surface area contributed by atoms with E-state index in [1.807, 2.05) is 12.1 Å². The molecular formula is C21H24ClN3O3S. The summed E-state index contributed by atoms with van der Waals surface area (Å²) in [6, 6.07) is 7.11. The molecule has 0 radical (unpaired) electrons. The number of benzene rings is 1. The Morgan fingerprint density at radius 1 is 1.17 bits per heavy atom. The Bertz CT molecular complexity index is 1150. The summed E-state index contributed by atoms with van der Waals surface area (Å²) in [5.74, 6) is 1.07.